The summed E-state index contributed by atoms with van der Waals surface area (Å²) in [6.45, 7) is 6.30. The molecule has 0 unspecified atom stereocenters. The Labute approximate surface area is 68.1 Å². The van der Waals surface area contributed by atoms with Gasteiger partial charge in [-0.3, -0.25) is 0 Å². The SMILES string of the molecule is C=CNC(=O)N(C)CCCC. The zero-order chi connectivity index (χ0) is 8.69. The summed E-state index contributed by atoms with van der Waals surface area (Å²) < 4.78 is 0. The van der Waals surface area contributed by atoms with Gasteiger partial charge in [0, 0.05) is 13.6 Å². The molecule has 0 saturated heterocycles. The first-order chi connectivity index (χ1) is 5.22. The van der Waals surface area contributed by atoms with E-state index >= 15 is 0 Å². The minimum absolute atomic E-state index is 0.0894. The van der Waals surface area contributed by atoms with Gasteiger partial charge in [0.25, 0.3) is 0 Å². The number of unbranched alkanes of at least 4 members (excludes halogenated alkanes) is 1. The number of nitrogens with zero attached hydrogens (tertiary/aromatic N) is 1. The highest BCUT2D eigenvalue weighted by atomic mass is 16.2. The Balaban J connectivity index is 3.54. The van der Waals surface area contributed by atoms with Crippen LogP contribution < -0.4 is 5.32 Å². The molecule has 0 atom stereocenters. The van der Waals surface area contributed by atoms with Gasteiger partial charge < -0.3 is 10.2 Å². The van der Waals surface area contributed by atoms with Crippen molar-refractivity contribution in [1.29, 1.82) is 0 Å². The summed E-state index contributed by atoms with van der Waals surface area (Å²) >= 11 is 0. The minimum atomic E-state index is -0.0894. The van der Waals surface area contributed by atoms with E-state index in [1.54, 1.807) is 11.9 Å². The van der Waals surface area contributed by atoms with E-state index in [0.717, 1.165) is 19.4 Å². The van der Waals surface area contributed by atoms with Crippen molar-refractivity contribution in [1.82, 2.24) is 10.2 Å². The summed E-state index contributed by atoms with van der Waals surface area (Å²) in [5.41, 5.74) is 0. The molecule has 0 rings (SSSR count). The Morgan fingerprint density at radius 3 is 2.82 bits per heavy atom. The van der Waals surface area contributed by atoms with E-state index in [2.05, 4.69) is 18.8 Å². The lowest BCUT2D eigenvalue weighted by Crippen LogP contribution is -2.34. The van der Waals surface area contributed by atoms with E-state index < -0.39 is 0 Å². The number of hydrogen-bond donors (Lipinski definition) is 1. The van der Waals surface area contributed by atoms with Crippen LogP contribution >= 0.6 is 0 Å². The van der Waals surface area contributed by atoms with Crippen molar-refractivity contribution >= 4 is 6.03 Å². The van der Waals surface area contributed by atoms with E-state index in [4.69, 9.17) is 0 Å². The third-order valence-electron chi connectivity index (χ3n) is 1.42. The molecule has 0 heterocycles. The summed E-state index contributed by atoms with van der Waals surface area (Å²) in [6, 6.07) is -0.0894. The Morgan fingerprint density at radius 2 is 2.36 bits per heavy atom. The average molecular weight is 156 g/mol. The number of carbonyl (C=O) groups is 1. The van der Waals surface area contributed by atoms with E-state index in [9.17, 15) is 4.79 Å². The van der Waals surface area contributed by atoms with Crippen LogP contribution in [0.3, 0.4) is 0 Å². The zero-order valence-corrected chi connectivity index (χ0v) is 7.26. The first kappa shape index (κ1) is 10.0. The number of amides is 2. The molecule has 64 valence electrons. The monoisotopic (exact) mass is 156 g/mol. The summed E-state index contributed by atoms with van der Waals surface area (Å²) in [5.74, 6) is 0. The average Bonchev–Trinajstić information content (AvgIpc) is 2.00. The van der Waals surface area contributed by atoms with E-state index in [1.165, 1.54) is 6.20 Å². The lowest BCUT2D eigenvalue weighted by atomic mass is 10.3. The number of urea groups is 1. The van der Waals surface area contributed by atoms with Crippen molar-refractivity contribution in [3.63, 3.8) is 0 Å². The van der Waals surface area contributed by atoms with Crippen molar-refractivity contribution in [2.45, 2.75) is 19.8 Å². The van der Waals surface area contributed by atoms with Crippen LogP contribution in [0.25, 0.3) is 0 Å². The molecule has 11 heavy (non-hydrogen) atoms. The molecular weight excluding hydrogens is 140 g/mol. The molecular formula is C8H16N2O. The van der Waals surface area contributed by atoms with Gasteiger partial charge in [-0.25, -0.2) is 4.79 Å². The van der Waals surface area contributed by atoms with Gasteiger partial charge in [0.2, 0.25) is 0 Å². The smallest absolute Gasteiger partial charge is 0.321 e. The number of nitrogens with one attached hydrogen (secondary N) is 1. The second kappa shape index (κ2) is 5.77. The fourth-order valence-corrected chi connectivity index (χ4v) is 0.694. The molecule has 0 fully saturated rings. The molecule has 1 N–H and O–H groups in total. The maximum Gasteiger partial charge on any atom is 0.321 e. The molecule has 2 amide bonds. The van der Waals surface area contributed by atoms with Crippen LogP contribution in [0.4, 0.5) is 4.79 Å². The minimum Gasteiger partial charge on any atom is -0.328 e. The molecule has 0 radical (unpaired) electrons. The fourth-order valence-electron chi connectivity index (χ4n) is 0.694. The van der Waals surface area contributed by atoms with Gasteiger partial charge >= 0.3 is 6.03 Å². The van der Waals surface area contributed by atoms with Crippen molar-refractivity contribution in [3.05, 3.63) is 12.8 Å². The van der Waals surface area contributed by atoms with E-state index in [0.29, 0.717) is 0 Å². The second-order valence-electron chi connectivity index (χ2n) is 2.43. The largest absolute Gasteiger partial charge is 0.328 e. The van der Waals surface area contributed by atoms with Crippen molar-refractivity contribution in [2.75, 3.05) is 13.6 Å². The van der Waals surface area contributed by atoms with Crippen LogP contribution in [0.15, 0.2) is 12.8 Å². The van der Waals surface area contributed by atoms with Crippen LogP contribution in [0.2, 0.25) is 0 Å². The molecule has 0 aromatic carbocycles. The molecule has 0 aliphatic rings. The number of hydrogen-bond acceptors (Lipinski definition) is 1. The molecule has 0 spiro atoms. The number of rotatable bonds is 4. The molecule has 0 aliphatic heterocycles. The molecule has 0 aromatic heterocycles. The predicted octanol–water partition coefficient (Wildman–Crippen LogP) is 1.57. The molecule has 0 bridgehead atoms. The highest BCUT2D eigenvalue weighted by Crippen LogP contribution is 1.91. The van der Waals surface area contributed by atoms with Gasteiger partial charge in [-0.05, 0) is 12.6 Å². The third-order valence-corrected chi connectivity index (χ3v) is 1.42. The van der Waals surface area contributed by atoms with Gasteiger partial charge in [0.1, 0.15) is 0 Å². The van der Waals surface area contributed by atoms with Crippen molar-refractivity contribution < 1.29 is 4.79 Å². The Bertz CT molecular complexity index is 134. The first-order valence-corrected chi connectivity index (χ1v) is 3.85. The van der Waals surface area contributed by atoms with E-state index in [1.807, 2.05) is 0 Å². The maximum atomic E-state index is 11.0. The van der Waals surface area contributed by atoms with Gasteiger partial charge in [0.15, 0.2) is 0 Å². The number of carbonyl (C=O) groups excluding carboxylic acids is 1. The second-order valence-corrected chi connectivity index (χ2v) is 2.43. The van der Waals surface area contributed by atoms with Crippen molar-refractivity contribution in [3.8, 4) is 0 Å². The predicted molar refractivity (Wildman–Crippen MR) is 46.3 cm³/mol. The summed E-state index contributed by atoms with van der Waals surface area (Å²) in [6.07, 6.45) is 3.54. The zero-order valence-electron chi connectivity index (χ0n) is 7.26. The van der Waals surface area contributed by atoms with Crippen LogP contribution in [0.5, 0.6) is 0 Å². The lowest BCUT2D eigenvalue weighted by molar-refractivity contribution is 0.212. The molecule has 0 aromatic rings. The van der Waals surface area contributed by atoms with Crippen molar-refractivity contribution in [2.24, 2.45) is 0 Å². The summed E-state index contributed by atoms with van der Waals surface area (Å²) in [5, 5.41) is 2.51. The van der Waals surface area contributed by atoms with Gasteiger partial charge in [0.05, 0.1) is 0 Å². The Morgan fingerprint density at radius 1 is 1.73 bits per heavy atom. The molecule has 0 aliphatic carbocycles. The topological polar surface area (TPSA) is 32.3 Å². The maximum absolute atomic E-state index is 11.0. The van der Waals surface area contributed by atoms with Crippen LogP contribution in [-0.2, 0) is 0 Å². The van der Waals surface area contributed by atoms with Crippen LogP contribution in [-0.4, -0.2) is 24.5 Å². The standard InChI is InChI=1S/C8H16N2O/c1-4-6-7-10(3)8(11)9-5-2/h5H,2,4,6-7H2,1,3H3,(H,9,11). The first-order valence-electron chi connectivity index (χ1n) is 3.85. The fraction of sp³-hybridized carbons (Fsp3) is 0.625. The highest BCUT2D eigenvalue weighted by Gasteiger charge is 2.03. The van der Waals surface area contributed by atoms with E-state index in [-0.39, 0.29) is 6.03 Å². The normalized spacial score (nSPS) is 8.91. The highest BCUT2D eigenvalue weighted by molar-refractivity contribution is 5.74. The Hall–Kier alpha value is -0.990. The third kappa shape index (κ3) is 4.42. The Kier molecular flexibility index (Phi) is 5.25. The van der Waals surface area contributed by atoms with Gasteiger partial charge in [-0.15, -0.1) is 0 Å². The molecule has 0 saturated carbocycles. The molecule has 3 nitrogen and oxygen atoms in total. The molecule has 3 heteroatoms. The van der Waals surface area contributed by atoms with Gasteiger partial charge in [-0.2, -0.15) is 0 Å². The van der Waals surface area contributed by atoms with Crippen LogP contribution in [0.1, 0.15) is 19.8 Å². The lowest BCUT2D eigenvalue weighted by Gasteiger charge is -2.15. The van der Waals surface area contributed by atoms with Crippen LogP contribution in [0, 0.1) is 0 Å². The summed E-state index contributed by atoms with van der Waals surface area (Å²) in [4.78, 5) is 12.6. The quantitative estimate of drug-likeness (QED) is 0.658. The van der Waals surface area contributed by atoms with Gasteiger partial charge in [-0.1, -0.05) is 19.9 Å². The summed E-state index contributed by atoms with van der Waals surface area (Å²) in [7, 11) is 1.77.